The first-order valence-electron chi connectivity index (χ1n) is 10.2. The van der Waals surface area contributed by atoms with Crippen molar-refractivity contribution >= 4 is 21.9 Å². The van der Waals surface area contributed by atoms with Crippen LogP contribution in [0, 0.1) is 17.3 Å². The van der Waals surface area contributed by atoms with Crippen LogP contribution < -0.4 is 24.0 Å². The molecule has 3 aromatic rings. The fourth-order valence-corrected chi connectivity index (χ4v) is 5.57. The van der Waals surface area contributed by atoms with Gasteiger partial charge in [-0.3, -0.25) is 0 Å². The molecule has 1 fully saturated rings. The molecule has 28 heavy (non-hydrogen) atoms. The first-order valence-corrected chi connectivity index (χ1v) is 10.2. The Morgan fingerprint density at radius 1 is 1.00 bits per heavy atom. The van der Waals surface area contributed by atoms with Crippen LogP contribution >= 0.6 is 0 Å². The van der Waals surface area contributed by atoms with Crippen molar-refractivity contribution in [3.05, 3.63) is 59.7 Å². The van der Waals surface area contributed by atoms with Crippen LogP contribution in [0.2, 0.25) is 0 Å². The molecule has 0 N–H and O–H groups in total. The van der Waals surface area contributed by atoms with Crippen molar-refractivity contribution in [2.75, 3.05) is 20.6 Å². The van der Waals surface area contributed by atoms with E-state index in [1.807, 2.05) is 6.07 Å². The molecule has 1 heterocycles. The standard InChI is InChI=1S/C25H30NO.HI/c1-25(2)19-11-10-18(22(25)14-19)16-26(3,4)15-17-9-12-24-21(13-17)20-7-5-6-8-23(20)27-24;/h5-10,12-13,19,22H,11,14-16H2,1-4H3;1H/q+1;/p-1/t19-,22-;/m0./s1. The molecule has 6 rings (SSSR count). The third-order valence-corrected chi connectivity index (χ3v) is 7.25. The zero-order valence-corrected chi connectivity index (χ0v) is 19.5. The van der Waals surface area contributed by atoms with Gasteiger partial charge in [-0.05, 0) is 59.9 Å². The summed E-state index contributed by atoms with van der Waals surface area (Å²) >= 11 is 0. The molecule has 3 aliphatic rings. The van der Waals surface area contributed by atoms with Gasteiger partial charge in [0.1, 0.15) is 24.3 Å². The molecule has 0 radical (unpaired) electrons. The van der Waals surface area contributed by atoms with E-state index in [9.17, 15) is 0 Å². The first kappa shape index (κ1) is 20.0. The maximum absolute atomic E-state index is 5.99. The van der Waals surface area contributed by atoms with Gasteiger partial charge in [0.05, 0.1) is 14.1 Å². The minimum atomic E-state index is 0. The van der Waals surface area contributed by atoms with Gasteiger partial charge < -0.3 is 32.9 Å². The normalized spacial score (nSPS) is 23.2. The van der Waals surface area contributed by atoms with Crippen LogP contribution in [0.4, 0.5) is 0 Å². The van der Waals surface area contributed by atoms with Crippen molar-refractivity contribution in [1.82, 2.24) is 0 Å². The molecule has 1 aromatic heterocycles. The number of fused-ring (bicyclic) bond motifs is 4. The molecule has 2 atom stereocenters. The highest BCUT2D eigenvalue weighted by molar-refractivity contribution is 6.04. The molecule has 3 aliphatic carbocycles. The fraction of sp³-hybridized carbons (Fsp3) is 0.440. The van der Waals surface area contributed by atoms with Gasteiger partial charge in [0, 0.05) is 16.3 Å². The number of likely N-dealkylation sites (N-methyl/N-ethyl adjacent to an activating group) is 1. The number of hydrogen-bond acceptors (Lipinski definition) is 1. The predicted molar refractivity (Wildman–Crippen MR) is 112 cm³/mol. The van der Waals surface area contributed by atoms with Crippen molar-refractivity contribution in [2.45, 2.75) is 33.2 Å². The second-order valence-corrected chi connectivity index (χ2v) is 10.0. The van der Waals surface area contributed by atoms with Crippen LogP contribution in [0.3, 0.4) is 0 Å². The Morgan fingerprint density at radius 2 is 1.75 bits per heavy atom. The molecule has 0 unspecified atom stereocenters. The highest BCUT2D eigenvalue weighted by atomic mass is 127. The van der Waals surface area contributed by atoms with E-state index in [1.54, 1.807) is 5.57 Å². The lowest BCUT2D eigenvalue weighted by molar-refractivity contribution is -0.899. The molecule has 2 aromatic carbocycles. The molecule has 0 spiro atoms. The number of benzene rings is 2. The summed E-state index contributed by atoms with van der Waals surface area (Å²) in [5.41, 5.74) is 5.57. The number of para-hydroxylation sites is 1. The molecule has 148 valence electrons. The number of hydrogen-bond donors (Lipinski definition) is 0. The van der Waals surface area contributed by atoms with Crippen molar-refractivity contribution < 1.29 is 32.9 Å². The van der Waals surface area contributed by atoms with E-state index < -0.39 is 0 Å². The smallest absolute Gasteiger partial charge is 0.135 e. The summed E-state index contributed by atoms with van der Waals surface area (Å²) in [6, 6.07) is 15.1. The van der Waals surface area contributed by atoms with Gasteiger partial charge in [-0.1, -0.05) is 38.1 Å². The topological polar surface area (TPSA) is 13.1 Å². The Bertz CT molecular complexity index is 1060. The van der Waals surface area contributed by atoms with Gasteiger partial charge in [0.25, 0.3) is 0 Å². The second kappa shape index (κ2) is 6.88. The number of nitrogens with zero attached hydrogens (tertiary/aromatic N) is 1. The SMILES string of the molecule is CC1(C)[C@H]2CC=C(C[N+](C)(C)Cc3ccc4oc5ccccc5c4c3)[C@@H]1C2.[I-]. The van der Waals surface area contributed by atoms with E-state index >= 15 is 0 Å². The first-order chi connectivity index (χ1) is 12.8. The Labute approximate surface area is 185 Å². The largest absolute Gasteiger partial charge is 1.00 e. The average molecular weight is 487 g/mol. The van der Waals surface area contributed by atoms with Crippen molar-refractivity contribution in [1.29, 1.82) is 0 Å². The van der Waals surface area contributed by atoms with E-state index in [2.05, 4.69) is 70.4 Å². The number of allylic oxidation sites excluding steroid dienone is 1. The molecule has 0 aliphatic heterocycles. The molecule has 2 nitrogen and oxygen atoms in total. The summed E-state index contributed by atoms with van der Waals surface area (Å²) in [5, 5.41) is 2.46. The van der Waals surface area contributed by atoms with Crippen LogP contribution in [-0.2, 0) is 6.54 Å². The molecule has 0 amide bonds. The lowest BCUT2D eigenvalue weighted by Gasteiger charge is -2.57. The van der Waals surface area contributed by atoms with Gasteiger partial charge in [0.2, 0.25) is 0 Å². The lowest BCUT2D eigenvalue weighted by Crippen LogP contribution is -3.00. The quantitative estimate of drug-likeness (QED) is 0.313. The van der Waals surface area contributed by atoms with E-state index in [0.29, 0.717) is 5.41 Å². The monoisotopic (exact) mass is 487 g/mol. The summed E-state index contributed by atoms with van der Waals surface area (Å²) in [7, 11) is 4.74. The Balaban J connectivity index is 0.00000192. The van der Waals surface area contributed by atoms with Crippen LogP contribution in [-0.4, -0.2) is 25.1 Å². The van der Waals surface area contributed by atoms with Gasteiger partial charge in [0.15, 0.2) is 0 Å². The lowest BCUT2D eigenvalue weighted by atomic mass is 9.49. The highest BCUT2D eigenvalue weighted by Gasteiger charge is 2.52. The Hall–Kier alpha value is -1.33. The minimum absolute atomic E-state index is 0. The summed E-state index contributed by atoms with van der Waals surface area (Å²) in [4.78, 5) is 0. The maximum Gasteiger partial charge on any atom is 0.135 e. The third-order valence-electron chi connectivity index (χ3n) is 7.25. The van der Waals surface area contributed by atoms with Crippen LogP contribution in [0.1, 0.15) is 32.3 Å². The van der Waals surface area contributed by atoms with Crippen LogP contribution in [0.5, 0.6) is 0 Å². The average Bonchev–Trinajstić information content (AvgIpc) is 2.99. The van der Waals surface area contributed by atoms with Gasteiger partial charge in [-0.25, -0.2) is 0 Å². The summed E-state index contributed by atoms with van der Waals surface area (Å²) in [6.07, 6.45) is 5.24. The maximum atomic E-state index is 5.99. The summed E-state index contributed by atoms with van der Waals surface area (Å²) < 4.78 is 6.99. The molecular formula is C25H30INO. The molecule has 2 bridgehead atoms. The Morgan fingerprint density at radius 3 is 2.50 bits per heavy atom. The molecule has 3 heteroatoms. The molecule has 1 saturated carbocycles. The van der Waals surface area contributed by atoms with E-state index in [4.69, 9.17) is 4.42 Å². The predicted octanol–water partition coefficient (Wildman–Crippen LogP) is 3.16. The van der Waals surface area contributed by atoms with Gasteiger partial charge in [-0.15, -0.1) is 0 Å². The minimum Gasteiger partial charge on any atom is -1.00 e. The molecular weight excluding hydrogens is 457 g/mol. The zero-order valence-electron chi connectivity index (χ0n) is 17.3. The molecule has 0 saturated heterocycles. The summed E-state index contributed by atoms with van der Waals surface area (Å²) in [6.45, 7) is 7.14. The van der Waals surface area contributed by atoms with E-state index in [1.165, 1.54) is 29.2 Å². The Kier molecular flexibility index (Phi) is 4.90. The van der Waals surface area contributed by atoms with Gasteiger partial charge in [-0.2, -0.15) is 0 Å². The zero-order chi connectivity index (χ0) is 18.8. The van der Waals surface area contributed by atoms with Crippen molar-refractivity contribution in [3.63, 3.8) is 0 Å². The number of furan rings is 1. The fourth-order valence-electron chi connectivity index (χ4n) is 5.57. The van der Waals surface area contributed by atoms with E-state index in [-0.39, 0.29) is 24.0 Å². The van der Waals surface area contributed by atoms with Gasteiger partial charge >= 0.3 is 0 Å². The van der Waals surface area contributed by atoms with Crippen LogP contribution in [0.15, 0.2) is 58.5 Å². The number of halogens is 1. The second-order valence-electron chi connectivity index (χ2n) is 10.0. The third kappa shape index (κ3) is 3.21. The van der Waals surface area contributed by atoms with Crippen LogP contribution in [0.25, 0.3) is 21.9 Å². The number of quaternary nitrogens is 1. The highest BCUT2D eigenvalue weighted by Crippen LogP contribution is 2.59. The summed E-state index contributed by atoms with van der Waals surface area (Å²) in [5.74, 6) is 1.72. The van der Waals surface area contributed by atoms with Crippen molar-refractivity contribution in [3.8, 4) is 0 Å². The van der Waals surface area contributed by atoms with E-state index in [0.717, 1.165) is 40.6 Å². The van der Waals surface area contributed by atoms with Crippen molar-refractivity contribution in [2.24, 2.45) is 17.3 Å². The number of rotatable bonds is 4.